The van der Waals surface area contributed by atoms with Gasteiger partial charge in [-0.25, -0.2) is 0 Å². The Kier molecular flexibility index (Phi) is 9.94. The number of nitrogens with one attached hydrogen (secondary N) is 1. The van der Waals surface area contributed by atoms with E-state index in [9.17, 15) is 4.79 Å². The third-order valence-corrected chi connectivity index (χ3v) is 15.4. The molecule has 0 aromatic rings. The van der Waals surface area contributed by atoms with Crippen molar-refractivity contribution in [1.82, 2.24) is 3.80 Å². The monoisotopic (exact) mass is 356 g/mol. The van der Waals surface area contributed by atoms with Crippen molar-refractivity contribution in [3.05, 3.63) is 20.6 Å². The molecule has 1 atom stereocenters. The van der Waals surface area contributed by atoms with Gasteiger partial charge in [0, 0.05) is 0 Å². The Labute approximate surface area is 137 Å². The van der Waals surface area contributed by atoms with E-state index in [1.807, 2.05) is 0 Å². The minimum absolute atomic E-state index is 0. The van der Waals surface area contributed by atoms with E-state index in [0.717, 1.165) is 0 Å². The topological polar surface area (TPSA) is 29.1 Å². The normalized spacial score (nSPS) is 18.2. The van der Waals surface area contributed by atoms with Crippen LogP contribution in [0.4, 0.5) is 0 Å². The second-order valence-corrected chi connectivity index (χ2v) is 17.9. The van der Waals surface area contributed by atoms with Crippen molar-refractivity contribution >= 4 is 12.6 Å². The van der Waals surface area contributed by atoms with Crippen molar-refractivity contribution in [1.29, 1.82) is 0 Å². The van der Waals surface area contributed by atoms with Gasteiger partial charge in [0.25, 0.3) is 0 Å². The first-order valence-electron chi connectivity index (χ1n) is 6.30. The molecule has 0 saturated carbocycles. The number of hydrogen-bond acceptors (Lipinski definition) is 1. The molecule has 0 heterocycles. The van der Waals surface area contributed by atoms with Gasteiger partial charge in [-0.3, -0.25) is 0 Å². The summed E-state index contributed by atoms with van der Waals surface area (Å²) in [7, 11) is 0. The van der Waals surface area contributed by atoms with E-state index in [1.165, 1.54) is 16.7 Å². The molecule has 2 nitrogen and oxygen atoms in total. The molecule has 0 bridgehead atoms. The van der Waals surface area contributed by atoms with Crippen LogP contribution >= 0.6 is 0 Å². The molecule has 1 unspecified atom stereocenters. The number of amides is 1. The fraction of sp³-hybridized carbons (Fsp3) is 0.615. The van der Waals surface area contributed by atoms with E-state index >= 15 is 0 Å². The van der Waals surface area contributed by atoms with Gasteiger partial charge in [0.2, 0.25) is 0 Å². The average molecular weight is 357 g/mol. The number of rotatable bonds is 3. The van der Waals surface area contributed by atoms with E-state index < -0.39 is 24.0 Å². The van der Waals surface area contributed by atoms with Crippen LogP contribution in [0.25, 0.3) is 0 Å². The minimum atomic E-state index is -1.54. The Morgan fingerprint density at radius 2 is 1.63 bits per heavy atom. The Morgan fingerprint density at radius 3 is 1.89 bits per heavy atom. The Balaban J connectivity index is 0. The zero-order chi connectivity index (χ0) is 13.3. The number of carbonyl (C=O) groups is 1. The molecule has 0 saturated heterocycles. The largest absolute Gasteiger partial charge is 1.00 e. The van der Waals surface area contributed by atoms with Gasteiger partial charge in [-0.15, -0.1) is 0 Å². The predicted octanol–water partition coefficient (Wildman–Crippen LogP) is -3.09. The first-order chi connectivity index (χ1) is 7.77. The molecule has 0 aliphatic heterocycles. The van der Waals surface area contributed by atoms with Crippen molar-refractivity contribution in [2.24, 2.45) is 5.92 Å². The molecule has 1 aliphatic rings. The van der Waals surface area contributed by atoms with Gasteiger partial charge in [-0.05, 0) is 0 Å². The van der Waals surface area contributed by atoms with Crippen LogP contribution in [0, 0.1) is 5.92 Å². The smallest absolute Gasteiger partial charge is 1.00 e. The number of halogens is 2. The molecule has 1 rings (SSSR count). The van der Waals surface area contributed by atoms with Gasteiger partial charge >= 0.3 is 113 Å². The molecule has 109 valence electrons. The van der Waals surface area contributed by atoms with Crippen LogP contribution in [0.2, 0.25) is 13.1 Å². The first-order valence-corrected chi connectivity index (χ1v) is 13.5. The summed E-state index contributed by atoms with van der Waals surface area (Å²) in [6.07, 6.45) is 0. The average Bonchev–Trinajstić information content (AvgIpc) is 2.40. The summed E-state index contributed by atoms with van der Waals surface area (Å²) in [5.41, 5.74) is 4.43. The Bertz CT molecular complexity index is 407. The van der Waals surface area contributed by atoms with Gasteiger partial charge in [-0.1, -0.05) is 0 Å². The third kappa shape index (κ3) is 4.75. The summed E-state index contributed by atoms with van der Waals surface area (Å²) in [6, 6.07) is 0. The van der Waals surface area contributed by atoms with Crippen molar-refractivity contribution in [2.75, 3.05) is 0 Å². The first kappa shape index (κ1) is 21.8. The second kappa shape index (κ2) is 8.68. The van der Waals surface area contributed by atoms with Crippen LogP contribution in [-0.2, 0) is 22.2 Å². The maximum atomic E-state index is 11.4. The van der Waals surface area contributed by atoms with E-state index in [0.29, 0.717) is 5.92 Å². The van der Waals surface area contributed by atoms with Crippen LogP contribution in [0.5, 0.6) is 0 Å². The van der Waals surface area contributed by atoms with E-state index in [-0.39, 0.29) is 30.7 Å². The zero-order valence-electron chi connectivity index (χ0n) is 12.8. The quantitative estimate of drug-likeness (QED) is 0.533. The molecule has 0 aromatic heterocycles. The molecule has 0 radical (unpaired) electrons. The summed E-state index contributed by atoms with van der Waals surface area (Å²) in [5, 5.41) is 0. The van der Waals surface area contributed by atoms with E-state index in [4.69, 9.17) is 0 Å². The molecular weight excluding hydrogens is 333 g/mol. The van der Waals surface area contributed by atoms with Crippen molar-refractivity contribution in [3.63, 3.8) is 0 Å². The molecule has 1 amide bonds. The van der Waals surface area contributed by atoms with Gasteiger partial charge < -0.3 is 24.8 Å². The molecular formula is C13H24Cl2NOSiTi. The maximum absolute atomic E-state index is 11.4. The number of allylic oxidation sites excluding steroid dienone is 4. The molecule has 1 N–H and O–H groups in total. The molecule has 6 heteroatoms. The number of hydrogen-bond donors (Lipinski definition) is 1. The molecule has 0 fully saturated rings. The molecule has 1 aliphatic carbocycles. The summed E-state index contributed by atoms with van der Waals surface area (Å²) in [6.45, 7) is 14.6. The summed E-state index contributed by atoms with van der Waals surface area (Å²) >= 11 is -1.54. The van der Waals surface area contributed by atoms with Crippen LogP contribution < -0.4 is 28.6 Å². The van der Waals surface area contributed by atoms with Gasteiger partial charge in [-0.2, -0.15) is 0 Å². The second-order valence-electron chi connectivity index (χ2n) is 5.32. The molecule has 0 aromatic carbocycles. The minimum Gasteiger partial charge on any atom is -1.00 e. The summed E-state index contributed by atoms with van der Waals surface area (Å²) in [5.74, 6) is 0.725. The van der Waals surface area contributed by atoms with Crippen LogP contribution in [0.3, 0.4) is 0 Å². The Hall–Kier alpha value is 0.461. The van der Waals surface area contributed by atoms with E-state index in [1.54, 1.807) is 10.8 Å². The van der Waals surface area contributed by atoms with Gasteiger partial charge in [0.1, 0.15) is 0 Å². The maximum Gasteiger partial charge on any atom is -1.00 e. The van der Waals surface area contributed by atoms with E-state index in [2.05, 4.69) is 44.6 Å². The SMILES string of the molecule is CC(=O)[NH][Ti+2]([C]1=C(C)C(C)=C(C)C1C)[SiH](C)C.[Cl-].[Cl-]. The standard InChI is InChI=1S/C9H13.C2H5NO.C2H7Si.2ClH.Ti/c1-6-5-7(2)9(4)8(6)3;1-2(3)4;1-3-2;;;/h6H,1-4H3;1H3,(H2,3,4);3H,1-2H3;2*1H;/q;;;;;+3/p-3. The van der Waals surface area contributed by atoms with Gasteiger partial charge in [0.15, 0.2) is 0 Å². The zero-order valence-corrected chi connectivity index (χ0v) is 17.0. The summed E-state index contributed by atoms with van der Waals surface area (Å²) in [4.78, 5) is 11.4. The summed E-state index contributed by atoms with van der Waals surface area (Å²) < 4.78 is 4.95. The van der Waals surface area contributed by atoms with Crippen molar-refractivity contribution in [3.8, 4) is 0 Å². The Morgan fingerprint density at radius 1 is 1.16 bits per heavy atom. The third-order valence-electron chi connectivity index (χ3n) is 3.82. The van der Waals surface area contributed by atoms with Crippen LogP contribution in [0.1, 0.15) is 34.6 Å². The fourth-order valence-corrected chi connectivity index (χ4v) is 13.2. The molecule has 19 heavy (non-hydrogen) atoms. The van der Waals surface area contributed by atoms with Crippen molar-refractivity contribution < 1.29 is 47.0 Å². The predicted molar refractivity (Wildman–Crippen MR) is 72.9 cm³/mol. The van der Waals surface area contributed by atoms with Gasteiger partial charge in [0.05, 0.1) is 0 Å². The molecule has 0 spiro atoms. The fourth-order valence-electron chi connectivity index (χ4n) is 2.51. The number of carbonyl (C=O) groups excluding carboxylic acids is 1. The van der Waals surface area contributed by atoms with Crippen molar-refractivity contribution in [2.45, 2.75) is 47.7 Å². The van der Waals surface area contributed by atoms with Crippen LogP contribution in [-0.4, -0.2) is 12.6 Å². The van der Waals surface area contributed by atoms with Crippen LogP contribution in [0.15, 0.2) is 20.6 Å².